The number of benzene rings is 2. The minimum absolute atomic E-state index is 0. The van der Waals surface area contributed by atoms with E-state index in [0.717, 1.165) is 31.3 Å². The Bertz CT molecular complexity index is 816. The maximum absolute atomic E-state index is 5.37. The summed E-state index contributed by atoms with van der Waals surface area (Å²) >= 11 is 0. The molecule has 0 radical (unpaired) electrons. The van der Waals surface area contributed by atoms with Crippen molar-refractivity contribution in [3.8, 4) is 11.5 Å². The number of nitrogens with one attached hydrogen (secondary N) is 2. The Morgan fingerprint density at radius 1 is 1.10 bits per heavy atom. The third kappa shape index (κ3) is 6.50. The third-order valence-corrected chi connectivity index (χ3v) is 5.45. The van der Waals surface area contributed by atoms with E-state index in [1.54, 1.807) is 21.3 Å². The summed E-state index contributed by atoms with van der Waals surface area (Å²) in [6.07, 6.45) is 1.19. The first-order valence-electron chi connectivity index (χ1n) is 10.1. The van der Waals surface area contributed by atoms with Crippen LogP contribution in [0.5, 0.6) is 11.5 Å². The summed E-state index contributed by atoms with van der Waals surface area (Å²) in [6.45, 7) is 5.32. The molecule has 2 unspecified atom stereocenters. The van der Waals surface area contributed by atoms with Gasteiger partial charge in [0.1, 0.15) is 0 Å². The molecule has 7 heteroatoms. The Morgan fingerprint density at radius 3 is 2.50 bits per heavy atom. The Hall–Kier alpha value is -2.00. The van der Waals surface area contributed by atoms with Gasteiger partial charge in [-0.3, -0.25) is 9.89 Å². The second-order valence-corrected chi connectivity index (χ2v) is 7.51. The highest BCUT2D eigenvalue weighted by Crippen LogP contribution is 2.29. The normalized spacial score (nSPS) is 19.1. The molecule has 0 bridgehead atoms. The van der Waals surface area contributed by atoms with Crippen LogP contribution in [0, 0.1) is 5.92 Å². The van der Waals surface area contributed by atoms with Gasteiger partial charge < -0.3 is 20.1 Å². The van der Waals surface area contributed by atoms with Crippen molar-refractivity contribution in [1.82, 2.24) is 10.2 Å². The number of guanidine groups is 1. The quantitative estimate of drug-likeness (QED) is 0.323. The minimum atomic E-state index is 0. The summed E-state index contributed by atoms with van der Waals surface area (Å²) in [6, 6.07) is 17.0. The lowest BCUT2D eigenvalue weighted by atomic mass is 10.1. The fourth-order valence-electron chi connectivity index (χ4n) is 3.87. The molecule has 6 nitrogen and oxygen atoms in total. The highest BCUT2D eigenvalue weighted by Gasteiger charge is 2.28. The number of nitrogens with zero attached hydrogens (tertiary/aromatic N) is 2. The van der Waals surface area contributed by atoms with Crippen molar-refractivity contribution in [2.75, 3.05) is 39.7 Å². The predicted molar refractivity (Wildman–Crippen MR) is 134 cm³/mol. The molecule has 1 saturated heterocycles. The van der Waals surface area contributed by atoms with Crippen molar-refractivity contribution in [3.05, 3.63) is 54.1 Å². The number of likely N-dealkylation sites (tertiary alicyclic amines) is 1. The molecule has 1 heterocycles. The summed E-state index contributed by atoms with van der Waals surface area (Å²) < 4.78 is 10.7. The molecule has 2 N–H and O–H groups in total. The lowest BCUT2D eigenvalue weighted by Crippen LogP contribution is -2.35. The van der Waals surface area contributed by atoms with E-state index in [9.17, 15) is 0 Å². The Kier molecular flexibility index (Phi) is 9.71. The summed E-state index contributed by atoms with van der Waals surface area (Å²) in [5.74, 6) is 2.75. The number of hydrogen-bond donors (Lipinski definition) is 2. The maximum atomic E-state index is 5.37. The van der Waals surface area contributed by atoms with Crippen molar-refractivity contribution < 1.29 is 9.47 Å². The molecule has 0 amide bonds. The van der Waals surface area contributed by atoms with Gasteiger partial charge in [0.25, 0.3) is 0 Å². The smallest absolute Gasteiger partial charge is 0.195 e. The van der Waals surface area contributed by atoms with Crippen LogP contribution in [0.15, 0.2) is 53.5 Å². The van der Waals surface area contributed by atoms with Gasteiger partial charge in [0, 0.05) is 44.5 Å². The van der Waals surface area contributed by atoms with Crippen molar-refractivity contribution in [2.24, 2.45) is 10.9 Å². The largest absolute Gasteiger partial charge is 0.493 e. The zero-order valence-corrected chi connectivity index (χ0v) is 20.6. The molecule has 0 aliphatic carbocycles. The van der Waals surface area contributed by atoms with E-state index >= 15 is 0 Å². The molecule has 2 atom stereocenters. The fourth-order valence-corrected chi connectivity index (χ4v) is 3.87. The molecular weight excluding hydrogens is 491 g/mol. The number of ether oxygens (including phenoxy) is 2. The zero-order valence-electron chi connectivity index (χ0n) is 18.2. The first kappa shape index (κ1) is 24.3. The Balaban J connectivity index is 0.00000320. The van der Waals surface area contributed by atoms with Crippen LogP contribution in [0.4, 0.5) is 5.69 Å². The second-order valence-electron chi connectivity index (χ2n) is 7.51. The van der Waals surface area contributed by atoms with Gasteiger partial charge in [-0.1, -0.05) is 30.3 Å². The molecule has 1 aliphatic heterocycles. The van der Waals surface area contributed by atoms with Gasteiger partial charge in [-0.2, -0.15) is 0 Å². The van der Waals surface area contributed by atoms with E-state index in [2.05, 4.69) is 57.8 Å². The van der Waals surface area contributed by atoms with Crippen LogP contribution >= 0.6 is 24.0 Å². The SMILES string of the molecule is CN=C(NCC1CC(C)N(Cc2ccccc2)C1)Nc1ccc(OC)c(OC)c1.I. The number of methoxy groups -OCH3 is 2. The molecular formula is C23H33IN4O2. The van der Waals surface area contributed by atoms with E-state index in [1.165, 1.54) is 12.0 Å². The van der Waals surface area contributed by atoms with Gasteiger partial charge in [-0.25, -0.2) is 0 Å². The number of halogens is 1. The molecule has 0 spiro atoms. The van der Waals surface area contributed by atoms with Crippen LogP contribution in [0.2, 0.25) is 0 Å². The van der Waals surface area contributed by atoms with Gasteiger partial charge >= 0.3 is 0 Å². The number of aliphatic imine (C=N–C) groups is 1. The highest BCUT2D eigenvalue weighted by atomic mass is 127. The first-order valence-corrected chi connectivity index (χ1v) is 10.1. The average Bonchev–Trinajstić information content (AvgIpc) is 3.10. The summed E-state index contributed by atoms with van der Waals surface area (Å²) in [5.41, 5.74) is 2.28. The van der Waals surface area contributed by atoms with Crippen molar-refractivity contribution in [2.45, 2.75) is 25.9 Å². The van der Waals surface area contributed by atoms with Crippen LogP contribution in [0.25, 0.3) is 0 Å². The van der Waals surface area contributed by atoms with Gasteiger partial charge in [0.15, 0.2) is 17.5 Å². The van der Waals surface area contributed by atoms with E-state index in [-0.39, 0.29) is 24.0 Å². The molecule has 1 fully saturated rings. The van der Waals surface area contributed by atoms with Crippen LogP contribution in [0.3, 0.4) is 0 Å². The average molecular weight is 524 g/mol. The second kappa shape index (κ2) is 12.0. The van der Waals surface area contributed by atoms with Crippen LogP contribution in [-0.2, 0) is 6.54 Å². The van der Waals surface area contributed by atoms with E-state index in [4.69, 9.17) is 9.47 Å². The van der Waals surface area contributed by atoms with Gasteiger partial charge in [0.2, 0.25) is 0 Å². The van der Waals surface area contributed by atoms with Crippen molar-refractivity contribution in [1.29, 1.82) is 0 Å². The van der Waals surface area contributed by atoms with E-state index in [0.29, 0.717) is 23.5 Å². The van der Waals surface area contributed by atoms with Crippen molar-refractivity contribution in [3.63, 3.8) is 0 Å². The lowest BCUT2D eigenvalue weighted by molar-refractivity contribution is 0.255. The van der Waals surface area contributed by atoms with E-state index in [1.807, 2.05) is 18.2 Å². The number of anilines is 1. The van der Waals surface area contributed by atoms with Crippen LogP contribution < -0.4 is 20.1 Å². The topological polar surface area (TPSA) is 58.1 Å². The molecule has 3 rings (SSSR count). The van der Waals surface area contributed by atoms with Crippen molar-refractivity contribution >= 4 is 35.6 Å². The first-order chi connectivity index (χ1) is 14.1. The maximum Gasteiger partial charge on any atom is 0.195 e. The molecule has 2 aromatic carbocycles. The zero-order chi connectivity index (χ0) is 20.6. The molecule has 30 heavy (non-hydrogen) atoms. The molecule has 1 aliphatic rings. The minimum Gasteiger partial charge on any atom is -0.493 e. The van der Waals surface area contributed by atoms with Gasteiger partial charge in [-0.15, -0.1) is 24.0 Å². The summed E-state index contributed by atoms with van der Waals surface area (Å²) in [7, 11) is 5.06. The number of rotatable bonds is 7. The number of hydrogen-bond acceptors (Lipinski definition) is 4. The monoisotopic (exact) mass is 524 g/mol. The fraction of sp³-hybridized carbons (Fsp3) is 0.435. The predicted octanol–water partition coefficient (Wildman–Crippen LogP) is 4.22. The van der Waals surface area contributed by atoms with Gasteiger partial charge in [-0.05, 0) is 37.0 Å². The lowest BCUT2D eigenvalue weighted by Gasteiger charge is -2.21. The Labute approximate surface area is 197 Å². The molecule has 2 aromatic rings. The Morgan fingerprint density at radius 2 is 1.83 bits per heavy atom. The summed E-state index contributed by atoms with van der Waals surface area (Å²) in [5, 5.41) is 6.80. The highest BCUT2D eigenvalue weighted by molar-refractivity contribution is 14.0. The summed E-state index contributed by atoms with van der Waals surface area (Å²) in [4.78, 5) is 6.92. The molecule has 164 valence electrons. The van der Waals surface area contributed by atoms with E-state index < -0.39 is 0 Å². The standard InChI is InChI=1S/C23H32N4O2.HI/c1-17-12-19(16-27(17)15-18-8-6-5-7-9-18)14-25-23(24-2)26-20-10-11-21(28-3)22(13-20)29-4;/h5-11,13,17,19H,12,14-16H2,1-4H3,(H2,24,25,26);1H. The van der Waals surface area contributed by atoms with Gasteiger partial charge in [0.05, 0.1) is 14.2 Å². The molecule has 0 aromatic heterocycles. The van der Waals surface area contributed by atoms with Crippen LogP contribution in [0.1, 0.15) is 18.9 Å². The third-order valence-electron chi connectivity index (χ3n) is 5.45. The van der Waals surface area contributed by atoms with Crippen LogP contribution in [-0.4, -0.2) is 51.3 Å². The molecule has 0 saturated carbocycles.